The van der Waals surface area contributed by atoms with Crippen LogP contribution in [0.25, 0.3) is 6.08 Å². The van der Waals surface area contributed by atoms with Crippen molar-refractivity contribution in [2.75, 3.05) is 6.61 Å². The molecule has 0 aromatic heterocycles. The summed E-state index contributed by atoms with van der Waals surface area (Å²) in [6.45, 7) is -0.566. The van der Waals surface area contributed by atoms with Gasteiger partial charge < -0.3 is 5.11 Å². The minimum Gasteiger partial charge on any atom is -0.385 e. The number of rotatable bonds is 3. The SMILES string of the molecule is O=[N+]([O-])C(=Cc1ccc(Br)cc1)CO. The van der Waals surface area contributed by atoms with Gasteiger partial charge in [0.2, 0.25) is 0 Å². The van der Waals surface area contributed by atoms with Crippen LogP contribution in [0.5, 0.6) is 0 Å². The molecule has 0 aliphatic heterocycles. The lowest BCUT2D eigenvalue weighted by Crippen LogP contribution is -2.02. The molecule has 74 valence electrons. The highest BCUT2D eigenvalue weighted by Gasteiger charge is 2.07. The predicted molar refractivity (Wildman–Crippen MR) is 56.2 cm³/mol. The van der Waals surface area contributed by atoms with Crippen molar-refractivity contribution in [2.45, 2.75) is 0 Å². The molecule has 1 rings (SSSR count). The predicted octanol–water partition coefficient (Wildman–Crippen LogP) is 2.06. The second-order valence-corrected chi connectivity index (χ2v) is 3.52. The first-order valence-electron chi connectivity index (χ1n) is 3.85. The molecule has 0 heterocycles. The molecule has 0 fully saturated rings. The maximum Gasteiger partial charge on any atom is 0.271 e. The van der Waals surface area contributed by atoms with E-state index < -0.39 is 11.5 Å². The standard InChI is InChI=1S/C9H8BrNO3/c10-8-3-1-7(2-4-8)5-9(6-12)11(13)14/h1-5,12H,6H2. The van der Waals surface area contributed by atoms with E-state index in [1.165, 1.54) is 6.08 Å². The summed E-state index contributed by atoms with van der Waals surface area (Å²) in [5.74, 6) is 0. The van der Waals surface area contributed by atoms with E-state index in [2.05, 4.69) is 15.9 Å². The molecule has 0 aliphatic rings. The summed E-state index contributed by atoms with van der Waals surface area (Å²) in [4.78, 5) is 9.77. The zero-order valence-corrected chi connectivity index (χ0v) is 8.77. The lowest BCUT2D eigenvalue weighted by atomic mass is 10.2. The summed E-state index contributed by atoms with van der Waals surface area (Å²) in [6.07, 6.45) is 1.34. The summed E-state index contributed by atoms with van der Waals surface area (Å²) in [5, 5.41) is 19.1. The van der Waals surface area contributed by atoms with Crippen LogP contribution in [0, 0.1) is 10.1 Å². The topological polar surface area (TPSA) is 63.4 Å². The van der Waals surface area contributed by atoms with E-state index in [9.17, 15) is 10.1 Å². The van der Waals surface area contributed by atoms with Crippen molar-refractivity contribution < 1.29 is 10.0 Å². The van der Waals surface area contributed by atoms with Gasteiger partial charge in [-0.05, 0) is 17.7 Å². The van der Waals surface area contributed by atoms with Gasteiger partial charge in [-0.1, -0.05) is 28.1 Å². The molecule has 0 bridgehead atoms. The monoisotopic (exact) mass is 257 g/mol. The van der Waals surface area contributed by atoms with E-state index in [1.807, 2.05) is 0 Å². The first-order valence-corrected chi connectivity index (χ1v) is 4.64. The fourth-order valence-electron chi connectivity index (χ4n) is 0.907. The third kappa shape index (κ3) is 2.93. The Hall–Kier alpha value is -1.20. The number of benzene rings is 1. The molecule has 0 unspecified atom stereocenters. The summed E-state index contributed by atoms with van der Waals surface area (Å²) >= 11 is 3.25. The average Bonchev–Trinajstić information content (AvgIpc) is 2.16. The Morgan fingerprint density at radius 3 is 2.50 bits per heavy atom. The first kappa shape index (κ1) is 10.9. The van der Waals surface area contributed by atoms with E-state index in [0.717, 1.165) is 4.47 Å². The van der Waals surface area contributed by atoms with Crippen LogP contribution in [0.3, 0.4) is 0 Å². The van der Waals surface area contributed by atoms with Crippen LogP contribution in [0.2, 0.25) is 0 Å². The molecule has 0 amide bonds. The summed E-state index contributed by atoms with van der Waals surface area (Å²) < 4.78 is 0.904. The Bertz CT molecular complexity index is 359. The number of halogens is 1. The largest absolute Gasteiger partial charge is 0.385 e. The van der Waals surface area contributed by atoms with Crippen molar-refractivity contribution in [3.05, 3.63) is 50.1 Å². The van der Waals surface area contributed by atoms with Gasteiger partial charge in [-0.15, -0.1) is 0 Å². The second-order valence-electron chi connectivity index (χ2n) is 2.60. The van der Waals surface area contributed by atoms with Crippen molar-refractivity contribution in [1.29, 1.82) is 0 Å². The number of hydrogen-bond acceptors (Lipinski definition) is 3. The minimum atomic E-state index is -0.595. The zero-order chi connectivity index (χ0) is 10.6. The van der Waals surface area contributed by atoms with Gasteiger partial charge >= 0.3 is 0 Å². The highest BCUT2D eigenvalue weighted by molar-refractivity contribution is 9.10. The maximum absolute atomic E-state index is 10.4. The molecule has 0 radical (unpaired) electrons. The Labute approximate surface area is 89.2 Å². The summed E-state index contributed by atoms with van der Waals surface area (Å²) in [7, 11) is 0. The van der Waals surface area contributed by atoms with Crippen LogP contribution in [0.1, 0.15) is 5.56 Å². The highest BCUT2D eigenvalue weighted by atomic mass is 79.9. The van der Waals surface area contributed by atoms with Crippen molar-refractivity contribution in [2.24, 2.45) is 0 Å². The second kappa shape index (κ2) is 4.88. The fraction of sp³-hybridized carbons (Fsp3) is 0.111. The van der Waals surface area contributed by atoms with E-state index in [1.54, 1.807) is 24.3 Å². The molecule has 4 nitrogen and oxygen atoms in total. The van der Waals surface area contributed by atoms with Crippen LogP contribution < -0.4 is 0 Å². The van der Waals surface area contributed by atoms with E-state index in [0.29, 0.717) is 5.56 Å². The lowest BCUT2D eigenvalue weighted by molar-refractivity contribution is -0.428. The smallest absolute Gasteiger partial charge is 0.271 e. The molecule has 5 heteroatoms. The number of hydrogen-bond donors (Lipinski definition) is 1. The maximum atomic E-state index is 10.4. The third-order valence-electron chi connectivity index (χ3n) is 1.60. The Morgan fingerprint density at radius 1 is 1.50 bits per heavy atom. The van der Waals surface area contributed by atoms with E-state index in [-0.39, 0.29) is 5.70 Å². The van der Waals surface area contributed by atoms with Crippen LogP contribution in [-0.4, -0.2) is 16.6 Å². The van der Waals surface area contributed by atoms with Crippen molar-refractivity contribution >= 4 is 22.0 Å². The van der Waals surface area contributed by atoms with Crippen LogP contribution in [0.4, 0.5) is 0 Å². The van der Waals surface area contributed by atoms with Crippen molar-refractivity contribution in [3.63, 3.8) is 0 Å². The van der Waals surface area contributed by atoms with Gasteiger partial charge in [-0.25, -0.2) is 0 Å². The third-order valence-corrected chi connectivity index (χ3v) is 2.13. The molecule has 0 aliphatic carbocycles. The Kier molecular flexibility index (Phi) is 3.79. The summed E-state index contributed by atoms with van der Waals surface area (Å²) in [5.41, 5.74) is 0.473. The average molecular weight is 258 g/mol. The van der Waals surface area contributed by atoms with Gasteiger partial charge in [-0.2, -0.15) is 0 Å². The molecule has 0 saturated heterocycles. The van der Waals surface area contributed by atoms with E-state index >= 15 is 0 Å². The molecule has 1 aromatic carbocycles. The van der Waals surface area contributed by atoms with Crippen molar-refractivity contribution in [3.8, 4) is 0 Å². The van der Waals surface area contributed by atoms with Crippen LogP contribution >= 0.6 is 15.9 Å². The number of aliphatic hydroxyl groups is 1. The molecular weight excluding hydrogens is 250 g/mol. The number of nitro groups is 1. The number of aliphatic hydroxyl groups excluding tert-OH is 1. The summed E-state index contributed by atoms with van der Waals surface area (Å²) in [6, 6.07) is 7.01. The number of nitrogens with zero attached hydrogens (tertiary/aromatic N) is 1. The molecule has 1 aromatic rings. The van der Waals surface area contributed by atoms with Crippen LogP contribution in [-0.2, 0) is 0 Å². The molecule has 0 atom stereocenters. The van der Waals surface area contributed by atoms with Gasteiger partial charge in [-0.3, -0.25) is 10.1 Å². The highest BCUT2D eigenvalue weighted by Crippen LogP contribution is 2.13. The van der Waals surface area contributed by atoms with Gasteiger partial charge in [0, 0.05) is 10.5 Å². The zero-order valence-electron chi connectivity index (χ0n) is 7.18. The quantitative estimate of drug-likeness (QED) is 0.666. The normalized spacial score (nSPS) is 11.4. The lowest BCUT2D eigenvalue weighted by Gasteiger charge is -1.95. The van der Waals surface area contributed by atoms with Crippen LogP contribution in [0.15, 0.2) is 34.4 Å². The van der Waals surface area contributed by atoms with Gasteiger partial charge in [0.05, 0.1) is 4.92 Å². The molecule has 1 N–H and O–H groups in total. The van der Waals surface area contributed by atoms with Gasteiger partial charge in [0.25, 0.3) is 5.70 Å². The van der Waals surface area contributed by atoms with E-state index in [4.69, 9.17) is 5.11 Å². The molecule has 0 saturated carbocycles. The van der Waals surface area contributed by atoms with Crippen molar-refractivity contribution in [1.82, 2.24) is 0 Å². The minimum absolute atomic E-state index is 0.215. The fourth-order valence-corrected chi connectivity index (χ4v) is 1.17. The Balaban J connectivity index is 2.95. The molecule has 0 spiro atoms. The molecular formula is C9H8BrNO3. The van der Waals surface area contributed by atoms with Gasteiger partial charge in [0.1, 0.15) is 6.61 Å². The first-order chi connectivity index (χ1) is 6.63. The Morgan fingerprint density at radius 2 is 2.07 bits per heavy atom. The molecule has 14 heavy (non-hydrogen) atoms. The van der Waals surface area contributed by atoms with Gasteiger partial charge in [0.15, 0.2) is 0 Å².